The van der Waals surface area contributed by atoms with Crippen molar-refractivity contribution in [2.45, 2.75) is 38.8 Å². The van der Waals surface area contributed by atoms with Gasteiger partial charge in [-0.2, -0.15) is 0 Å². The van der Waals surface area contributed by atoms with Gasteiger partial charge in [-0.25, -0.2) is 4.98 Å². The molecule has 4 heteroatoms. The monoisotopic (exact) mass is 248 g/mol. The van der Waals surface area contributed by atoms with Crippen LogP contribution in [0.3, 0.4) is 0 Å². The van der Waals surface area contributed by atoms with E-state index in [1.165, 1.54) is 32.4 Å². The number of nitrogens with zero attached hydrogens (tertiary/aromatic N) is 3. The Morgan fingerprint density at radius 1 is 1.33 bits per heavy atom. The van der Waals surface area contributed by atoms with Gasteiger partial charge in [-0.3, -0.25) is 0 Å². The quantitative estimate of drug-likeness (QED) is 0.853. The number of hydrogen-bond donors (Lipinski definition) is 1. The number of likely N-dealkylation sites (tertiary alicyclic amines) is 1. The zero-order valence-corrected chi connectivity index (χ0v) is 11.3. The average Bonchev–Trinajstić information content (AvgIpc) is 3.01. The summed E-state index contributed by atoms with van der Waals surface area (Å²) in [5, 5.41) is 0. The molecule has 0 unspecified atom stereocenters. The van der Waals surface area contributed by atoms with Crippen molar-refractivity contribution in [2.24, 2.45) is 17.6 Å². The Morgan fingerprint density at radius 3 is 2.83 bits per heavy atom. The molecule has 2 atom stereocenters. The smallest absolute Gasteiger partial charge is 0.105 e. The molecule has 1 saturated heterocycles. The number of aromatic nitrogens is 2. The molecule has 18 heavy (non-hydrogen) atoms. The van der Waals surface area contributed by atoms with Crippen molar-refractivity contribution in [3.05, 3.63) is 18.2 Å². The third-order valence-corrected chi connectivity index (χ3v) is 4.51. The summed E-state index contributed by atoms with van der Waals surface area (Å²) in [5.41, 5.74) is 6.24. The highest BCUT2D eigenvalue weighted by Crippen LogP contribution is 2.40. The second-order valence-electron chi connectivity index (χ2n) is 5.95. The third kappa shape index (κ3) is 2.59. The Morgan fingerprint density at radius 2 is 2.17 bits per heavy atom. The molecular formula is C14H24N4. The van der Waals surface area contributed by atoms with Crippen molar-refractivity contribution < 1.29 is 0 Å². The molecule has 0 radical (unpaired) electrons. The lowest BCUT2D eigenvalue weighted by molar-refractivity contribution is 0.305. The first kappa shape index (κ1) is 12.2. The van der Waals surface area contributed by atoms with Crippen LogP contribution in [0, 0.1) is 18.8 Å². The Bertz CT molecular complexity index is 396. The van der Waals surface area contributed by atoms with Crippen LogP contribution >= 0.6 is 0 Å². The average molecular weight is 248 g/mol. The minimum absolute atomic E-state index is 0.424. The van der Waals surface area contributed by atoms with E-state index in [2.05, 4.69) is 27.6 Å². The molecule has 0 bridgehead atoms. The van der Waals surface area contributed by atoms with E-state index in [1.807, 2.05) is 6.20 Å². The molecule has 1 saturated carbocycles. The lowest BCUT2D eigenvalue weighted by Crippen LogP contribution is -2.30. The maximum Gasteiger partial charge on any atom is 0.105 e. The molecule has 0 aromatic carbocycles. The van der Waals surface area contributed by atoms with Gasteiger partial charge in [0.15, 0.2) is 0 Å². The molecule has 1 aliphatic heterocycles. The van der Waals surface area contributed by atoms with E-state index in [9.17, 15) is 0 Å². The van der Waals surface area contributed by atoms with E-state index in [0.29, 0.717) is 6.04 Å². The number of hydrogen-bond acceptors (Lipinski definition) is 3. The first-order valence-corrected chi connectivity index (χ1v) is 7.19. The van der Waals surface area contributed by atoms with Gasteiger partial charge < -0.3 is 15.2 Å². The lowest BCUT2D eigenvalue weighted by atomic mass is 9.99. The minimum Gasteiger partial charge on any atom is -0.335 e. The van der Waals surface area contributed by atoms with Crippen LogP contribution < -0.4 is 5.73 Å². The van der Waals surface area contributed by atoms with Crippen molar-refractivity contribution in [3.63, 3.8) is 0 Å². The van der Waals surface area contributed by atoms with Crippen LogP contribution in [0.1, 0.15) is 25.1 Å². The highest BCUT2D eigenvalue weighted by molar-refractivity contribution is 4.95. The fourth-order valence-electron chi connectivity index (χ4n) is 3.25. The van der Waals surface area contributed by atoms with E-state index < -0.39 is 0 Å². The van der Waals surface area contributed by atoms with E-state index >= 15 is 0 Å². The molecule has 4 nitrogen and oxygen atoms in total. The summed E-state index contributed by atoms with van der Waals surface area (Å²) in [7, 11) is 0. The third-order valence-electron chi connectivity index (χ3n) is 4.51. The maximum absolute atomic E-state index is 6.24. The van der Waals surface area contributed by atoms with Gasteiger partial charge in [0.2, 0.25) is 0 Å². The van der Waals surface area contributed by atoms with Gasteiger partial charge in [0.25, 0.3) is 0 Å². The summed E-state index contributed by atoms with van der Waals surface area (Å²) in [4.78, 5) is 6.81. The molecular weight excluding hydrogens is 224 g/mol. The van der Waals surface area contributed by atoms with Gasteiger partial charge in [-0.1, -0.05) is 0 Å². The fourth-order valence-corrected chi connectivity index (χ4v) is 3.25. The fraction of sp³-hybridized carbons (Fsp3) is 0.786. The molecule has 3 rings (SSSR count). The predicted octanol–water partition coefficient (Wildman–Crippen LogP) is 1.25. The normalized spacial score (nSPS) is 29.0. The molecule has 2 N–H and O–H groups in total. The van der Waals surface area contributed by atoms with E-state index in [4.69, 9.17) is 5.73 Å². The Hall–Kier alpha value is -0.870. The van der Waals surface area contributed by atoms with Crippen LogP contribution in [-0.2, 0) is 6.54 Å². The molecule has 100 valence electrons. The van der Waals surface area contributed by atoms with Gasteiger partial charge in [0, 0.05) is 38.1 Å². The summed E-state index contributed by atoms with van der Waals surface area (Å²) < 4.78 is 2.23. The van der Waals surface area contributed by atoms with Crippen molar-refractivity contribution in [1.29, 1.82) is 0 Å². The lowest BCUT2D eigenvalue weighted by Gasteiger charge is -2.15. The zero-order chi connectivity index (χ0) is 12.5. The predicted molar refractivity (Wildman–Crippen MR) is 72.2 cm³/mol. The summed E-state index contributed by atoms with van der Waals surface area (Å²) >= 11 is 0. The van der Waals surface area contributed by atoms with Gasteiger partial charge in [-0.05, 0) is 44.6 Å². The second kappa shape index (κ2) is 5.02. The van der Waals surface area contributed by atoms with E-state index in [-0.39, 0.29) is 0 Å². The molecule has 0 amide bonds. The minimum atomic E-state index is 0.424. The number of imidazole rings is 1. The van der Waals surface area contributed by atoms with Crippen LogP contribution in [0.15, 0.2) is 12.4 Å². The van der Waals surface area contributed by atoms with Crippen LogP contribution in [0.25, 0.3) is 0 Å². The van der Waals surface area contributed by atoms with Gasteiger partial charge >= 0.3 is 0 Å². The van der Waals surface area contributed by atoms with Crippen LogP contribution in [0.4, 0.5) is 0 Å². The van der Waals surface area contributed by atoms with Gasteiger partial charge in [0.05, 0.1) is 0 Å². The molecule has 1 aromatic heterocycles. The number of nitrogens with two attached hydrogens (primary N) is 1. The molecule has 1 aliphatic carbocycles. The largest absolute Gasteiger partial charge is 0.335 e. The van der Waals surface area contributed by atoms with E-state index in [1.54, 1.807) is 0 Å². The molecule has 2 aliphatic rings. The maximum atomic E-state index is 6.24. The summed E-state index contributed by atoms with van der Waals surface area (Å²) in [6, 6.07) is 0.424. The Balaban J connectivity index is 1.43. The second-order valence-corrected chi connectivity index (χ2v) is 5.95. The zero-order valence-electron chi connectivity index (χ0n) is 11.3. The summed E-state index contributed by atoms with van der Waals surface area (Å²) in [6.45, 7) is 6.65. The standard InChI is InChI=1S/C14H24N4/c1-11-16-5-8-18(11)7-2-6-17-9-13(12-3-4-12)14(15)10-17/h5,8,12-14H,2-4,6-7,9-10,15H2,1H3/t13-,14+/m1/s1. The van der Waals surface area contributed by atoms with Crippen LogP contribution in [0.5, 0.6) is 0 Å². The molecule has 2 heterocycles. The van der Waals surface area contributed by atoms with Crippen LogP contribution in [0.2, 0.25) is 0 Å². The number of aryl methyl sites for hydroxylation is 2. The Kier molecular flexibility index (Phi) is 3.39. The number of rotatable bonds is 5. The van der Waals surface area contributed by atoms with Crippen molar-refractivity contribution in [2.75, 3.05) is 19.6 Å². The summed E-state index contributed by atoms with van der Waals surface area (Å²) in [5.74, 6) is 2.84. The first-order chi connectivity index (χ1) is 8.74. The summed E-state index contributed by atoms with van der Waals surface area (Å²) in [6.07, 6.45) is 7.98. The van der Waals surface area contributed by atoms with E-state index in [0.717, 1.165) is 30.7 Å². The SMILES string of the molecule is Cc1nccn1CCCN1C[C@H](C2CC2)[C@@H](N)C1. The molecule has 0 spiro atoms. The Labute approximate surface area is 109 Å². The van der Waals surface area contributed by atoms with Crippen molar-refractivity contribution in [3.8, 4) is 0 Å². The first-order valence-electron chi connectivity index (χ1n) is 7.19. The van der Waals surface area contributed by atoms with Crippen molar-refractivity contribution in [1.82, 2.24) is 14.5 Å². The topological polar surface area (TPSA) is 47.1 Å². The van der Waals surface area contributed by atoms with Crippen molar-refractivity contribution >= 4 is 0 Å². The van der Waals surface area contributed by atoms with Gasteiger partial charge in [0.1, 0.15) is 5.82 Å². The van der Waals surface area contributed by atoms with Crippen LogP contribution in [-0.4, -0.2) is 40.1 Å². The molecule has 2 fully saturated rings. The van der Waals surface area contributed by atoms with Gasteiger partial charge in [-0.15, -0.1) is 0 Å². The molecule has 1 aromatic rings. The highest BCUT2D eigenvalue weighted by Gasteiger charge is 2.40. The highest BCUT2D eigenvalue weighted by atomic mass is 15.2.